The summed E-state index contributed by atoms with van der Waals surface area (Å²) in [5, 5.41) is 12.1. The first kappa shape index (κ1) is 15.5. The third-order valence-corrected chi connectivity index (χ3v) is 2.56. The molecule has 0 saturated heterocycles. The Morgan fingerprint density at radius 2 is 1.95 bits per heavy atom. The molecule has 0 aliphatic rings. The lowest BCUT2D eigenvalue weighted by atomic mass is 10.1. The van der Waals surface area contributed by atoms with Crippen LogP contribution in [0.5, 0.6) is 5.75 Å². The second kappa shape index (κ2) is 7.76. The zero-order valence-corrected chi connectivity index (χ0v) is 11.6. The lowest BCUT2D eigenvalue weighted by Gasteiger charge is -2.13. The van der Waals surface area contributed by atoms with Gasteiger partial charge in [0.15, 0.2) is 6.61 Å². The van der Waals surface area contributed by atoms with Gasteiger partial charge in [-0.1, -0.05) is 12.1 Å². The molecule has 0 bridgehead atoms. The Kier molecular flexibility index (Phi) is 6.32. The van der Waals surface area contributed by atoms with E-state index in [9.17, 15) is 9.90 Å². The standard InChI is InChI=1S/C14H21NO4/c1-10(8-18-3)15-14(17)9-19-13-6-4-12(5-7-13)11(2)16/h4-7,10-11,16H,8-9H2,1-3H3,(H,15,17)/t10?,11-/m1/s1. The molecule has 0 aliphatic carbocycles. The molecule has 0 aromatic heterocycles. The molecule has 5 heteroatoms. The van der Waals surface area contributed by atoms with Gasteiger partial charge in [-0.2, -0.15) is 0 Å². The van der Waals surface area contributed by atoms with Gasteiger partial charge in [0.1, 0.15) is 5.75 Å². The molecule has 1 amide bonds. The molecular weight excluding hydrogens is 246 g/mol. The van der Waals surface area contributed by atoms with Crippen molar-refractivity contribution in [2.75, 3.05) is 20.3 Å². The maximum atomic E-state index is 11.5. The molecule has 0 spiro atoms. The summed E-state index contributed by atoms with van der Waals surface area (Å²) >= 11 is 0. The SMILES string of the molecule is COCC(C)NC(=O)COc1ccc([C@@H](C)O)cc1. The van der Waals surface area contributed by atoms with Crippen LogP contribution < -0.4 is 10.1 Å². The number of hydrogen-bond acceptors (Lipinski definition) is 4. The van der Waals surface area contributed by atoms with E-state index in [-0.39, 0.29) is 18.6 Å². The van der Waals surface area contributed by atoms with Crippen molar-refractivity contribution in [2.45, 2.75) is 26.0 Å². The number of ether oxygens (including phenoxy) is 2. The van der Waals surface area contributed by atoms with Crippen molar-refractivity contribution in [1.29, 1.82) is 0 Å². The summed E-state index contributed by atoms with van der Waals surface area (Å²) < 4.78 is 10.3. The van der Waals surface area contributed by atoms with E-state index in [2.05, 4.69) is 5.32 Å². The predicted molar refractivity (Wildman–Crippen MR) is 72.1 cm³/mol. The van der Waals surface area contributed by atoms with Gasteiger partial charge >= 0.3 is 0 Å². The molecule has 1 aromatic carbocycles. The highest BCUT2D eigenvalue weighted by atomic mass is 16.5. The molecule has 0 fully saturated rings. The van der Waals surface area contributed by atoms with Crippen molar-refractivity contribution < 1.29 is 19.4 Å². The van der Waals surface area contributed by atoms with Crippen LogP contribution >= 0.6 is 0 Å². The lowest BCUT2D eigenvalue weighted by Crippen LogP contribution is -2.38. The van der Waals surface area contributed by atoms with Crippen LogP contribution in [0, 0.1) is 0 Å². The number of carbonyl (C=O) groups excluding carboxylic acids is 1. The molecule has 2 atom stereocenters. The molecule has 1 unspecified atom stereocenters. The summed E-state index contributed by atoms with van der Waals surface area (Å²) in [4.78, 5) is 11.5. The molecule has 1 aromatic rings. The van der Waals surface area contributed by atoms with Gasteiger partial charge < -0.3 is 19.9 Å². The molecule has 0 heterocycles. The first-order valence-corrected chi connectivity index (χ1v) is 6.22. The van der Waals surface area contributed by atoms with Crippen LogP contribution in [0.1, 0.15) is 25.5 Å². The summed E-state index contributed by atoms with van der Waals surface area (Å²) in [7, 11) is 1.59. The van der Waals surface area contributed by atoms with Gasteiger partial charge in [0, 0.05) is 13.2 Å². The summed E-state index contributed by atoms with van der Waals surface area (Å²) in [6.07, 6.45) is -0.507. The number of carbonyl (C=O) groups is 1. The lowest BCUT2D eigenvalue weighted by molar-refractivity contribution is -0.124. The quantitative estimate of drug-likeness (QED) is 0.780. The Morgan fingerprint density at radius 1 is 1.32 bits per heavy atom. The van der Waals surface area contributed by atoms with Crippen LogP contribution in [-0.2, 0) is 9.53 Å². The average Bonchev–Trinajstić information content (AvgIpc) is 2.37. The summed E-state index contributed by atoms with van der Waals surface area (Å²) in [5.74, 6) is 0.406. The minimum absolute atomic E-state index is 0.0396. The van der Waals surface area contributed by atoms with Crippen LogP contribution in [0.3, 0.4) is 0 Å². The van der Waals surface area contributed by atoms with Crippen molar-refractivity contribution >= 4 is 5.91 Å². The number of methoxy groups -OCH3 is 1. The topological polar surface area (TPSA) is 67.8 Å². The second-order valence-electron chi connectivity index (χ2n) is 4.46. The smallest absolute Gasteiger partial charge is 0.258 e. The Balaban J connectivity index is 2.37. The first-order chi connectivity index (χ1) is 9.02. The van der Waals surface area contributed by atoms with E-state index in [1.165, 1.54) is 0 Å². The molecule has 19 heavy (non-hydrogen) atoms. The van der Waals surface area contributed by atoms with Crippen LogP contribution in [-0.4, -0.2) is 37.4 Å². The number of hydrogen-bond donors (Lipinski definition) is 2. The molecule has 5 nitrogen and oxygen atoms in total. The Labute approximate surface area is 113 Å². The molecule has 0 aliphatic heterocycles. The van der Waals surface area contributed by atoms with Gasteiger partial charge in [0.05, 0.1) is 12.7 Å². The third kappa shape index (κ3) is 5.72. The number of nitrogens with one attached hydrogen (secondary N) is 1. The predicted octanol–water partition coefficient (Wildman–Crippen LogP) is 1.27. The fourth-order valence-electron chi connectivity index (χ4n) is 1.60. The van der Waals surface area contributed by atoms with Crippen molar-refractivity contribution in [3.8, 4) is 5.75 Å². The number of aliphatic hydroxyl groups excluding tert-OH is 1. The van der Waals surface area contributed by atoms with E-state index >= 15 is 0 Å². The van der Waals surface area contributed by atoms with E-state index < -0.39 is 6.10 Å². The largest absolute Gasteiger partial charge is 0.484 e. The molecule has 0 radical (unpaired) electrons. The van der Waals surface area contributed by atoms with E-state index in [0.717, 1.165) is 5.56 Å². The van der Waals surface area contributed by atoms with Crippen LogP contribution in [0.2, 0.25) is 0 Å². The van der Waals surface area contributed by atoms with Crippen LogP contribution in [0.15, 0.2) is 24.3 Å². The van der Waals surface area contributed by atoms with Gasteiger partial charge in [0.2, 0.25) is 0 Å². The van der Waals surface area contributed by atoms with Crippen molar-refractivity contribution in [3.05, 3.63) is 29.8 Å². The fraction of sp³-hybridized carbons (Fsp3) is 0.500. The summed E-state index contributed by atoms with van der Waals surface area (Å²) in [6, 6.07) is 6.96. The van der Waals surface area contributed by atoms with Gasteiger partial charge in [0.25, 0.3) is 5.91 Å². The fourth-order valence-corrected chi connectivity index (χ4v) is 1.60. The van der Waals surface area contributed by atoms with Gasteiger partial charge in [-0.15, -0.1) is 0 Å². The highest BCUT2D eigenvalue weighted by Gasteiger charge is 2.08. The summed E-state index contributed by atoms with van der Waals surface area (Å²) in [6.45, 7) is 3.98. The van der Waals surface area contributed by atoms with Gasteiger partial charge in [-0.3, -0.25) is 4.79 Å². The summed E-state index contributed by atoms with van der Waals surface area (Å²) in [5.41, 5.74) is 0.811. The third-order valence-electron chi connectivity index (χ3n) is 2.56. The highest BCUT2D eigenvalue weighted by molar-refractivity contribution is 5.77. The van der Waals surface area contributed by atoms with E-state index in [1.807, 2.05) is 6.92 Å². The van der Waals surface area contributed by atoms with E-state index in [4.69, 9.17) is 9.47 Å². The monoisotopic (exact) mass is 267 g/mol. The number of amides is 1. The van der Waals surface area contributed by atoms with Crippen LogP contribution in [0.25, 0.3) is 0 Å². The zero-order chi connectivity index (χ0) is 14.3. The van der Waals surface area contributed by atoms with Crippen molar-refractivity contribution in [1.82, 2.24) is 5.32 Å². The normalized spacial score (nSPS) is 13.7. The van der Waals surface area contributed by atoms with Gasteiger partial charge in [-0.05, 0) is 31.5 Å². The Morgan fingerprint density at radius 3 is 2.47 bits per heavy atom. The molecule has 1 rings (SSSR count). The van der Waals surface area contributed by atoms with E-state index in [1.54, 1.807) is 38.3 Å². The molecular formula is C14H21NO4. The maximum absolute atomic E-state index is 11.5. The first-order valence-electron chi connectivity index (χ1n) is 6.22. The maximum Gasteiger partial charge on any atom is 0.258 e. The van der Waals surface area contributed by atoms with Crippen LogP contribution in [0.4, 0.5) is 0 Å². The second-order valence-corrected chi connectivity index (χ2v) is 4.46. The number of rotatable bonds is 7. The van der Waals surface area contributed by atoms with Crippen molar-refractivity contribution in [3.63, 3.8) is 0 Å². The van der Waals surface area contributed by atoms with E-state index in [0.29, 0.717) is 12.4 Å². The average molecular weight is 267 g/mol. The Bertz CT molecular complexity index is 389. The molecule has 0 saturated carbocycles. The minimum atomic E-state index is -0.507. The number of aliphatic hydroxyl groups is 1. The Hall–Kier alpha value is -1.59. The highest BCUT2D eigenvalue weighted by Crippen LogP contribution is 2.16. The van der Waals surface area contributed by atoms with Crippen molar-refractivity contribution in [2.24, 2.45) is 0 Å². The molecule has 2 N–H and O–H groups in total. The zero-order valence-electron chi connectivity index (χ0n) is 11.6. The number of benzene rings is 1. The minimum Gasteiger partial charge on any atom is -0.484 e. The van der Waals surface area contributed by atoms with Gasteiger partial charge in [-0.25, -0.2) is 0 Å². The molecule has 106 valence electrons.